The van der Waals surface area contributed by atoms with Gasteiger partial charge in [0.2, 0.25) is 0 Å². The Morgan fingerprint density at radius 1 is 1.06 bits per heavy atom. The molecule has 1 fully saturated rings. The zero-order valence-corrected chi connectivity index (χ0v) is 18.6. The quantitative estimate of drug-likeness (QED) is 0.440. The van der Waals surface area contributed by atoms with Crippen LogP contribution in [0.2, 0.25) is 0 Å². The number of nitrogens with one attached hydrogen (secondary N) is 2. The molecule has 1 amide bonds. The second-order valence-electron chi connectivity index (χ2n) is 8.03. The Balaban J connectivity index is 1.29. The number of rotatable bonds is 7. The van der Waals surface area contributed by atoms with Gasteiger partial charge in [0.1, 0.15) is 11.5 Å². The fourth-order valence-corrected chi connectivity index (χ4v) is 3.92. The minimum Gasteiger partial charge on any atom is -0.379 e. The Kier molecular flexibility index (Phi) is 6.46. The molecule has 8 nitrogen and oxygen atoms in total. The van der Waals surface area contributed by atoms with Gasteiger partial charge in [-0.2, -0.15) is 5.10 Å². The molecule has 3 heterocycles. The number of morpholine rings is 1. The molecule has 5 rings (SSSR count). The number of halogens is 1. The lowest BCUT2D eigenvalue weighted by atomic mass is 10.2. The maximum atomic E-state index is 14.0. The first-order chi connectivity index (χ1) is 16.7. The number of hydrogen-bond acceptors (Lipinski definition) is 6. The molecule has 0 unspecified atom stereocenters. The molecule has 0 bridgehead atoms. The molecular formula is C25H25FN6O2. The highest BCUT2D eigenvalue weighted by Gasteiger charge is 2.13. The van der Waals surface area contributed by atoms with Gasteiger partial charge in [-0.25, -0.2) is 14.1 Å². The van der Waals surface area contributed by atoms with Crippen LogP contribution in [0.15, 0.2) is 66.9 Å². The number of aromatic nitrogens is 3. The molecule has 0 spiro atoms. The third-order valence-corrected chi connectivity index (χ3v) is 5.72. The Morgan fingerprint density at radius 2 is 1.91 bits per heavy atom. The molecule has 2 N–H and O–H groups in total. The maximum Gasteiger partial charge on any atom is 0.270 e. The van der Waals surface area contributed by atoms with Gasteiger partial charge in [0.05, 0.1) is 30.6 Å². The van der Waals surface area contributed by atoms with Crippen molar-refractivity contribution in [2.45, 2.75) is 0 Å². The van der Waals surface area contributed by atoms with Crippen LogP contribution < -0.4 is 10.6 Å². The second-order valence-corrected chi connectivity index (χ2v) is 8.03. The summed E-state index contributed by atoms with van der Waals surface area (Å²) in [6.45, 7) is 4.56. The van der Waals surface area contributed by atoms with Crippen LogP contribution >= 0.6 is 0 Å². The van der Waals surface area contributed by atoms with E-state index in [1.54, 1.807) is 41.2 Å². The van der Waals surface area contributed by atoms with E-state index in [0.29, 0.717) is 23.7 Å². The first kappa shape index (κ1) is 22.0. The van der Waals surface area contributed by atoms with Crippen molar-refractivity contribution >= 4 is 28.2 Å². The standard InChI is InChI=1S/C25H25FN6O2/c26-20-4-1-2-5-21(20)29-19-8-9-23-18(16-19)17-28-32(23)24-7-3-6-22(30-24)25(33)27-10-11-31-12-14-34-15-13-31/h1-9,16-17,29H,10-15H2,(H,27,33). The lowest BCUT2D eigenvalue weighted by Gasteiger charge is -2.26. The number of benzene rings is 2. The van der Waals surface area contributed by atoms with Crippen LogP contribution in [0, 0.1) is 5.82 Å². The van der Waals surface area contributed by atoms with Crippen LogP contribution in [0.1, 0.15) is 10.5 Å². The topological polar surface area (TPSA) is 84.3 Å². The molecule has 2 aromatic carbocycles. The molecule has 9 heteroatoms. The van der Waals surface area contributed by atoms with E-state index >= 15 is 0 Å². The van der Waals surface area contributed by atoms with Crippen molar-refractivity contribution < 1.29 is 13.9 Å². The number of hydrogen-bond donors (Lipinski definition) is 2. The lowest BCUT2D eigenvalue weighted by Crippen LogP contribution is -2.41. The van der Waals surface area contributed by atoms with Gasteiger partial charge in [-0.3, -0.25) is 9.69 Å². The molecule has 34 heavy (non-hydrogen) atoms. The minimum absolute atomic E-state index is 0.219. The SMILES string of the molecule is O=C(NCCN1CCOCC1)c1cccc(-n2ncc3cc(Nc4ccccc4F)ccc32)n1. The van der Waals surface area contributed by atoms with Crippen molar-refractivity contribution in [1.29, 1.82) is 0 Å². The summed E-state index contributed by atoms with van der Waals surface area (Å²) in [4.78, 5) is 19.4. The number of amides is 1. The number of pyridine rings is 1. The number of carbonyl (C=O) groups excluding carboxylic acids is 1. The predicted octanol–water partition coefficient (Wildman–Crippen LogP) is 3.37. The van der Waals surface area contributed by atoms with Crippen molar-refractivity contribution in [3.8, 4) is 5.82 Å². The van der Waals surface area contributed by atoms with Crippen molar-refractivity contribution in [2.75, 3.05) is 44.7 Å². The molecule has 0 atom stereocenters. The zero-order valence-electron chi connectivity index (χ0n) is 18.6. The van der Waals surface area contributed by atoms with Gasteiger partial charge in [0.25, 0.3) is 5.91 Å². The monoisotopic (exact) mass is 460 g/mol. The van der Waals surface area contributed by atoms with Crippen LogP contribution in [0.25, 0.3) is 16.7 Å². The molecule has 1 aliphatic rings. The second kappa shape index (κ2) is 9.98. The number of carbonyl (C=O) groups is 1. The molecule has 2 aromatic heterocycles. The summed E-state index contributed by atoms with van der Waals surface area (Å²) < 4.78 is 21.0. The number of para-hydroxylation sites is 1. The van der Waals surface area contributed by atoms with Gasteiger partial charge in [-0.15, -0.1) is 0 Å². The largest absolute Gasteiger partial charge is 0.379 e. The van der Waals surface area contributed by atoms with E-state index in [4.69, 9.17) is 4.74 Å². The van der Waals surface area contributed by atoms with Gasteiger partial charge < -0.3 is 15.4 Å². The van der Waals surface area contributed by atoms with Gasteiger partial charge in [-0.05, 0) is 42.5 Å². The molecule has 0 aliphatic carbocycles. The average molecular weight is 461 g/mol. The fourth-order valence-electron chi connectivity index (χ4n) is 3.92. The molecule has 0 radical (unpaired) electrons. The molecule has 174 valence electrons. The van der Waals surface area contributed by atoms with Crippen LogP contribution in [0.4, 0.5) is 15.8 Å². The summed E-state index contributed by atoms with van der Waals surface area (Å²) in [5.41, 5.74) is 2.32. The summed E-state index contributed by atoms with van der Waals surface area (Å²) >= 11 is 0. The zero-order chi connectivity index (χ0) is 23.3. The normalized spacial score (nSPS) is 14.3. The third kappa shape index (κ3) is 4.90. The van der Waals surface area contributed by atoms with E-state index in [2.05, 4.69) is 25.6 Å². The number of ether oxygens (including phenoxy) is 1. The van der Waals surface area contributed by atoms with Crippen molar-refractivity contribution in [3.05, 3.63) is 78.4 Å². The summed E-state index contributed by atoms with van der Waals surface area (Å²) in [6, 6.07) is 17.5. The van der Waals surface area contributed by atoms with Crippen LogP contribution in [-0.2, 0) is 4.74 Å². The summed E-state index contributed by atoms with van der Waals surface area (Å²) in [7, 11) is 0. The molecular weight excluding hydrogens is 435 g/mol. The summed E-state index contributed by atoms with van der Waals surface area (Å²) in [5.74, 6) is 0.0103. The maximum absolute atomic E-state index is 14.0. The first-order valence-corrected chi connectivity index (χ1v) is 11.2. The van der Waals surface area contributed by atoms with E-state index in [0.717, 1.165) is 49.4 Å². The Morgan fingerprint density at radius 3 is 2.76 bits per heavy atom. The molecule has 1 aliphatic heterocycles. The lowest BCUT2D eigenvalue weighted by molar-refractivity contribution is 0.0383. The highest BCUT2D eigenvalue weighted by Crippen LogP contribution is 2.25. The van der Waals surface area contributed by atoms with Gasteiger partial charge in [0.15, 0.2) is 5.82 Å². The third-order valence-electron chi connectivity index (χ3n) is 5.72. The summed E-state index contributed by atoms with van der Waals surface area (Å²) in [6.07, 6.45) is 1.72. The Bertz CT molecular complexity index is 1300. The van der Waals surface area contributed by atoms with E-state index < -0.39 is 0 Å². The van der Waals surface area contributed by atoms with Crippen LogP contribution in [-0.4, -0.2) is 65.0 Å². The van der Waals surface area contributed by atoms with Gasteiger partial charge >= 0.3 is 0 Å². The number of nitrogens with zero attached hydrogens (tertiary/aromatic N) is 4. The smallest absolute Gasteiger partial charge is 0.270 e. The Hall–Kier alpha value is -3.82. The number of anilines is 2. The van der Waals surface area contributed by atoms with Crippen molar-refractivity contribution in [3.63, 3.8) is 0 Å². The first-order valence-electron chi connectivity index (χ1n) is 11.2. The van der Waals surface area contributed by atoms with Gasteiger partial charge in [0, 0.05) is 37.3 Å². The predicted molar refractivity (Wildman–Crippen MR) is 128 cm³/mol. The van der Waals surface area contributed by atoms with Gasteiger partial charge in [-0.1, -0.05) is 18.2 Å². The molecule has 4 aromatic rings. The fraction of sp³-hybridized carbons (Fsp3) is 0.240. The molecule has 1 saturated heterocycles. The average Bonchev–Trinajstić information content (AvgIpc) is 3.29. The summed E-state index contributed by atoms with van der Waals surface area (Å²) in [5, 5.41) is 11.3. The van der Waals surface area contributed by atoms with Crippen molar-refractivity contribution in [2.24, 2.45) is 0 Å². The van der Waals surface area contributed by atoms with E-state index in [1.807, 2.05) is 24.3 Å². The number of fused-ring (bicyclic) bond motifs is 1. The van der Waals surface area contributed by atoms with E-state index in [9.17, 15) is 9.18 Å². The minimum atomic E-state index is -0.317. The highest BCUT2D eigenvalue weighted by molar-refractivity contribution is 5.92. The Labute approximate surface area is 196 Å². The van der Waals surface area contributed by atoms with E-state index in [-0.39, 0.29) is 11.7 Å². The van der Waals surface area contributed by atoms with E-state index in [1.165, 1.54) is 6.07 Å². The molecule has 0 saturated carbocycles. The van der Waals surface area contributed by atoms with Crippen molar-refractivity contribution in [1.82, 2.24) is 25.0 Å². The van der Waals surface area contributed by atoms with Crippen LogP contribution in [0.5, 0.6) is 0 Å². The van der Waals surface area contributed by atoms with Crippen LogP contribution in [0.3, 0.4) is 0 Å². The highest BCUT2D eigenvalue weighted by atomic mass is 19.1.